The van der Waals surface area contributed by atoms with Crippen LogP contribution in [0.5, 0.6) is 0 Å². The maximum atomic E-state index is 11.5. The summed E-state index contributed by atoms with van der Waals surface area (Å²) in [5, 5.41) is 0. The molecule has 0 aliphatic rings. The number of imidazole rings is 1. The van der Waals surface area contributed by atoms with Gasteiger partial charge in [-0.3, -0.25) is 0 Å². The molecule has 0 saturated heterocycles. The van der Waals surface area contributed by atoms with Crippen molar-refractivity contribution < 1.29 is 8.42 Å². The molecule has 86 valence electrons. The summed E-state index contributed by atoms with van der Waals surface area (Å²) in [5.41, 5.74) is 1.01. The van der Waals surface area contributed by atoms with Crippen molar-refractivity contribution in [1.29, 1.82) is 0 Å². The lowest BCUT2D eigenvalue weighted by Gasteiger charge is -2.13. The lowest BCUT2D eigenvalue weighted by atomic mass is 10.3. The van der Waals surface area contributed by atoms with Gasteiger partial charge in [0, 0.05) is 23.7 Å². The van der Waals surface area contributed by atoms with Gasteiger partial charge in [-0.25, -0.2) is 13.4 Å². The minimum absolute atomic E-state index is 0.0372. The van der Waals surface area contributed by atoms with Gasteiger partial charge < -0.3 is 4.57 Å². The number of aromatic nitrogens is 2. The Kier molecular flexibility index (Phi) is 3.54. The van der Waals surface area contributed by atoms with Crippen molar-refractivity contribution in [3.63, 3.8) is 0 Å². The molecule has 0 saturated carbocycles. The van der Waals surface area contributed by atoms with Crippen LogP contribution in [0.15, 0.2) is 6.20 Å². The standard InChI is InChI=1S/C10H18N2O2S/c1-5-15(13,14)7-10-11-6-9(4)12(10)8(2)3/h6,8H,5,7H2,1-4H3. The van der Waals surface area contributed by atoms with Gasteiger partial charge in [0.15, 0.2) is 9.84 Å². The Morgan fingerprint density at radius 3 is 2.53 bits per heavy atom. The second-order valence-corrected chi connectivity index (χ2v) is 6.31. The average molecular weight is 230 g/mol. The molecular weight excluding hydrogens is 212 g/mol. The molecule has 0 aliphatic carbocycles. The summed E-state index contributed by atoms with van der Waals surface area (Å²) in [7, 11) is -3.00. The lowest BCUT2D eigenvalue weighted by Crippen LogP contribution is -2.14. The maximum absolute atomic E-state index is 11.5. The molecule has 0 atom stereocenters. The molecule has 0 unspecified atom stereocenters. The first-order valence-corrected chi connectivity index (χ1v) is 6.92. The highest BCUT2D eigenvalue weighted by molar-refractivity contribution is 7.90. The molecule has 0 radical (unpaired) electrons. The van der Waals surface area contributed by atoms with Crippen molar-refractivity contribution in [1.82, 2.24) is 9.55 Å². The van der Waals surface area contributed by atoms with Crippen molar-refractivity contribution >= 4 is 9.84 Å². The molecule has 1 aromatic rings. The highest BCUT2D eigenvalue weighted by Crippen LogP contribution is 2.15. The molecular formula is C10H18N2O2S. The van der Waals surface area contributed by atoms with E-state index >= 15 is 0 Å². The number of sulfone groups is 1. The van der Waals surface area contributed by atoms with Crippen LogP contribution in [-0.2, 0) is 15.6 Å². The normalized spacial score (nSPS) is 12.3. The molecule has 0 fully saturated rings. The van der Waals surface area contributed by atoms with Crippen LogP contribution in [0.25, 0.3) is 0 Å². The van der Waals surface area contributed by atoms with Crippen LogP contribution in [-0.4, -0.2) is 23.7 Å². The van der Waals surface area contributed by atoms with Crippen molar-refractivity contribution in [3.05, 3.63) is 17.7 Å². The number of hydrogen-bond donors (Lipinski definition) is 0. The fourth-order valence-corrected chi connectivity index (χ4v) is 2.42. The second-order valence-electron chi connectivity index (χ2n) is 3.96. The van der Waals surface area contributed by atoms with E-state index in [2.05, 4.69) is 4.98 Å². The quantitative estimate of drug-likeness (QED) is 0.791. The van der Waals surface area contributed by atoms with Gasteiger partial charge in [-0.15, -0.1) is 0 Å². The third kappa shape index (κ3) is 2.81. The average Bonchev–Trinajstić information content (AvgIpc) is 2.46. The monoisotopic (exact) mass is 230 g/mol. The molecule has 1 heterocycles. The van der Waals surface area contributed by atoms with Crippen LogP contribution < -0.4 is 0 Å². The van der Waals surface area contributed by atoms with Crippen molar-refractivity contribution in [2.75, 3.05) is 5.75 Å². The van der Waals surface area contributed by atoms with Gasteiger partial charge in [0.05, 0.1) is 0 Å². The van der Waals surface area contributed by atoms with Gasteiger partial charge in [-0.2, -0.15) is 0 Å². The van der Waals surface area contributed by atoms with Crippen LogP contribution >= 0.6 is 0 Å². The molecule has 0 aromatic carbocycles. The summed E-state index contributed by atoms with van der Waals surface area (Å²) >= 11 is 0. The molecule has 1 aromatic heterocycles. The van der Waals surface area contributed by atoms with Gasteiger partial charge >= 0.3 is 0 Å². The Morgan fingerprint density at radius 1 is 1.47 bits per heavy atom. The fourth-order valence-electron chi connectivity index (χ4n) is 1.61. The van der Waals surface area contributed by atoms with Crippen molar-refractivity contribution in [2.45, 2.75) is 39.5 Å². The SMILES string of the molecule is CCS(=O)(=O)Cc1ncc(C)n1C(C)C. The van der Waals surface area contributed by atoms with Crippen LogP contribution in [0.3, 0.4) is 0 Å². The summed E-state index contributed by atoms with van der Waals surface area (Å²) in [4.78, 5) is 4.15. The van der Waals surface area contributed by atoms with E-state index in [0.717, 1.165) is 5.69 Å². The molecule has 0 spiro atoms. The minimum Gasteiger partial charge on any atom is -0.329 e. The third-order valence-corrected chi connectivity index (χ3v) is 3.94. The largest absolute Gasteiger partial charge is 0.329 e. The van der Waals surface area contributed by atoms with E-state index in [1.54, 1.807) is 13.1 Å². The van der Waals surface area contributed by atoms with E-state index in [1.165, 1.54) is 0 Å². The van der Waals surface area contributed by atoms with Gasteiger partial charge in [0.25, 0.3) is 0 Å². The summed E-state index contributed by atoms with van der Waals surface area (Å²) in [5.74, 6) is 0.844. The topological polar surface area (TPSA) is 52.0 Å². The minimum atomic E-state index is -3.00. The van der Waals surface area contributed by atoms with E-state index in [9.17, 15) is 8.42 Å². The van der Waals surface area contributed by atoms with E-state index < -0.39 is 9.84 Å². The zero-order chi connectivity index (χ0) is 11.6. The highest BCUT2D eigenvalue weighted by atomic mass is 32.2. The maximum Gasteiger partial charge on any atom is 0.157 e. The van der Waals surface area contributed by atoms with Crippen LogP contribution in [0.1, 0.15) is 38.3 Å². The van der Waals surface area contributed by atoms with Gasteiger partial charge in [0.2, 0.25) is 0 Å². The Hall–Kier alpha value is -0.840. The first kappa shape index (κ1) is 12.2. The molecule has 0 N–H and O–H groups in total. The molecule has 15 heavy (non-hydrogen) atoms. The predicted molar refractivity (Wildman–Crippen MR) is 60.5 cm³/mol. The number of rotatable bonds is 4. The van der Waals surface area contributed by atoms with E-state index in [0.29, 0.717) is 5.82 Å². The molecule has 0 bridgehead atoms. The third-order valence-electron chi connectivity index (χ3n) is 2.36. The van der Waals surface area contributed by atoms with Crippen molar-refractivity contribution in [2.24, 2.45) is 0 Å². The number of nitrogens with zero attached hydrogens (tertiary/aromatic N) is 2. The van der Waals surface area contributed by atoms with Crippen molar-refractivity contribution in [3.8, 4) is 0 Å². The highest BCUT2D eigenvalue weighted by Gasteiger charge is 2.16. The Bertz CT molecular complexity index is 432. The smallest absolute Gasteiger partial charge is 0.157 e. The summed E-state index contributed by atoms with van der Waals surface area (Å²) in [6.45, 7) is 7.65. The Morgan fingerprint density at radius 2 is 2.07 bits per heavy atom. The van der Waals surface area contributed by atoms with Gasteiger partial charge in [-0.05, 0) is 20.8 Å². The zero-order valence-electron chi connectivity index (χ0n) is 9.69. The molecule has 5 heteroatoms. The van der Waals surface area contributed by atoms with E-state index in [4.69, 9.17) is 0 Å². The predicted octanol–water partition coefficient (Wildman–Crippen LogP) is 1.71. The van der Waals surface area contributed by atoms with E-state index in [-0.39, 0.29) is 17.5 Å². The van der Waals surface area contributed by atoms with Crippen LogP contribution in [0, 0.1) is 6.92 Å². The summed E-state index contributed by atoms with van der Waals surface area (Å²) < 4.78 is 25.0. The summed E-state index contributed by atoms with van der Waals surface area (Å²) in [6, 6.07) is 0.245. The molecule has 4 nitrogen and oxygen atoms in total. The molecule has 0 amide bonds. The molecule has 0 aliphatic heterocycles. The number of aryl methyl sites for hydroxylation is 1. The first-order chi connectivity index (χ1) is 6.87. The van der Waals surface area contributed by atoms with Gasteiger partial charge in [-0.1, -0.05) is 6.92 Å². The lowest BCUT2D eigenvalue weighted by molar-refractivity contribution is 0.557. The number of hydrogen-bond acceptors (Lipinski definition) is 3. The zero-order valence-corrected chi connectivity index (χ0v) is 10.5. The Labute approximate surface area is 91.3 Å². The first-order valence-electron chi connectivity index (χ1n) is 5.10. The van der Waals surface area contributed by atoms with Crippen LogP contribution in [0.4, 0.5) is 0 Å². The fraction of sp³-hybridized carbons (Fsp3) is 0.700. The summed E-state index contributed by atoms with van der Waals surface area (Å²) in [6.07, 6.45) is 1.72. The van der Waals surface area contributed by atoms with Crippen LogP contribution in [0.2, 0.25) is 0 Å². The Balaban J connectivity index is 3.06. The van der Waals surface area contributed by atoms with E-state index in [1.807, 2.05) is 25.3 Å². The molecule has 1 rings (SSSR count). The van der Waals surface area contributed by atoms with Gasteiger partial charge in [0.1, 0.15) is 11.6 Å². The second kappa shape index (κ2) is 4.35.